The van der Waals surface area contributed by atoms with Crippen LogP contribution >= 0.6 is 45.3 Å². The van der Waals surface area contributed by atoms with Crippen molar-refractivity contribution in [1.82, 2.24) is 0 Å². The van der Waals surface area contributed by atoms with Gasteiger partial charge in [0.15, 0.2) is 14.9 Å². The Kier molecular flexibility index (Phi) is 5.47. The number of fused-ring (bicyclic) bond motifs is 6. The summed E-state index contributed by atoms with van der Waals surface area (Å²) in [5.74, 6) is 0.949. The zero-order valence-corrected chi connectivity index (χ0v) is 20.3. The van der Waals surface area contributed by atoms with Gasteiger partial charge in [0, 0.05) is 32.3 Å². The van der Waals surface area contributed by atoms with Crippen LogP contribution in [0.4, 0.5) is 0 Å². The molecule has 4 heterocycles. The largest absolute Gasteiger partial charge is 0.455 e. The summed E-state index contributed by atoms with van der Waals surface area (Å²) in [6, 6.07) is 8.81. The number of furan rings is 2. The predicted octanol–water partition coefficient (Wildman–Crippen LogP) is 9.98. The second-order valence-electron chi connectivity index (χ2n) is 7.72. The van der Waals surface area contributed by atoms with E-state index in [9.17, 15) is 0 Å². The number of unbranched alkanes of at least 4 members (excludes halogenated alkanes) is 5. The highest BCUT2D eigenvalue weighted by atomic mass is 127. The number of thiophene rings is 2. The Hall–Kier alpha value is -1.31. The standard InChI is InChI=1S/C24H23IO2S2/c1-3-4-5-6-7-8-9-14(2)17-11-20-23(26-17)15-10-16-19(12-18(15)28-20)29-21-13-22(25)27-24(16)21/h10-13H,2-9H2,1H3. The van der Waals surface area contributed by atoms with Gasteiger partial charge in [-0.2, -0.15) is 0 Å². The third-order valence-electron chi connectivity index (χ3n) is 5.56. The van der Waals surface area contributed by atoms with Gasteiger partial charge in [0.1, 0.15) is 5.76 Å². The number of hydrogen-bond donors (Lipinski definition) is 0. The fourth-order valence-electron chi connectivity index (χ4n) is 3.99. The molecule has 0 saturated heterocycles. The molecular weight excluding hydrogens is 511 g/mol. The summed E-state index contributed by atoms with van der Waals surface area (Å²) >= 11 is 5.84. The maximum absolute atomic E-state index is 6.30. The zero-order valence-electron chi connectivity index (χ0n) is 16.5. The van der Waals surface area contributed by atoms with Crippen molar-refractivity contribution in [1.29, 1.82) is 0 Å². The number of allylic oxidation sites excluding steroid dienone is 1. The molecule has 5 rings (SSSR count). The van der Waals surface area contributed by atoms with Crippen LogP contribution in [-0.2, 0) is 0 Å². The van der Waals surface area contributed by atoms with E-state index in [1.807, 2.05) is 11.3 Å². The first-order valence-corrected chi connectivity index (χ1v) is 13.0. The summed E-state index contributed by atoms with van der Waals surface area (Å²) < 4.78 is 18.2. The lowest BCUT2D eigenvalue weighted by molar-refractivity contribution is 0.587. The van der Waals surface area contributed by atoms with Crippen LogP contribution in [0.5, 0.6) is 0 Å². The highest BCUT2D eigenvalue weighted by Crippen LogP contribution is 2.44. The lowest BCUT2D eigenvalue weighted by atomic mass is 10.0. The average molecular weight is 534 g/mol. The number of rotatable bonds is 8. The topological polar surface area (TPSA) is 26.3 Å². The van der Waals surface area contributed by atoms with Crippen molar-refractivity contribution in [2.24, 2.45) is 0 Å². The van der Waals surface area contributed by atoms with Crippen molar-refractivity contribution < 1.29 is 8.83 Å². The first-order valence-electron chi connectivity index (χ1n) is 10.3. The smallest absolute Gasteiger partial charge is 0.165 e. The van der Waals surface area contributed by atoms with Crippen molar-refractivity contribution in [2.75, 3.05) is 0 Å². The Morgan fingerprint density at radius 1 is 0.828 bits per heavy atom. The molecule has 150 valence electrons. The maximum atomic E-state index is 6.30. The number of benzene rings is 1. The second kappa shape index (κ2) is 8.08. The summed E-state index contributed by atoms with van der Waals surface area (Å²) in [7, 11) is 0. The fourth-order valence-corrected chi connectivity index (χ4v) is 6.97. The lowest BCUT2D eigenvalue weighted by Gasteiger charge is -2.03. The molecule has 4 aromatic heterocycles. The average Bonchev–Trinajstić information content (AvgIpc) is 3.41. The van der Waals surface area contributed by atoms with Crippen LogP contribution in [-0.4, -0.2) is 0 Å². The Bertz CT molecular complexity index is 1330. The summed E-state index contributed by atoms with van der Waals surface area (Å²) in [6.07, 6.45) is 8.83. The number of hydrogen-bond acceptors (Lipinski definition) is 4. The van der Waals surface area contributed by atoms with E-state index in [4.69, 9.17) is 8.83 Å². The van der Waals surface area contributed by atoms with Gasteiger partial charge in [-0.1, -0.05) is 45.6 Å². The maximum Gasteiger partial charge on any atom is 0.165 e. The van der Waals surface area contributed by atoms with Crippen LogP contribution in [0.3, 0.4) is 0 Å². The minimum atomic E-state index is 0.938. The van der Waals surface area contributed by atoms with Crippen LogP contribution in [0.2, 0.25) is 0 Å². The molecule has 0 aliphatic rings. The molecule has 2 nitrogen and oxygen atoms in total. The SMILES string of the molecule is C=C(CCCCCCCC)c1cc2sc3cc4sc5cc(I)oc5c4cc3c2o1. The minimum Gasteiger partial charge on any atom is -0.455 e. The monoisotopic (exact) mass is 534 g/mol. The van der Waals surface area contributed by atoms with E-state index in [0.717, 1.165) is 32.7 Å². The normalized spacial score (nSPS) is 12.2. The molecule has 0 saturated carbocycles. The first-order chi connectivity index (χ1) is 14.1. The third-order valence-corrected chi connectivity index (χ3v) is 8.25. The Labute approximate surface area is 191 Å². The van der Waals surface area contributed by atoms with Crippen molar-refractivity contribution in [3.05, 3.63) is 40.4 Å². The third kappa shape index (κ3) is 3.66. The van der Waals surface area contributed by atoms with Crippen molar-refractivity contribution in [3.8, 4) is 0 Å². The number of halogens is 1. The van der Waals surface area contributed by atoms with Crippen LogP contribution in [0.15, 0.2) is 39.7 Å². The van der Waals surface area contributed by atoms with Crippen LogP contribution in [0, 0.1) is 3.77 Å². The highest BCUT2D eigenvalue weighted by molar-refractivity contribution is 14.1. The molecule has 0 atom stereocenters. The van der Waals surface area contributed by atoms with Gasteiger partial charge in [0.2, 0.25) is 0 Å². The Balaban J connectivity index is 1.42. The van der Waals surface area contributed by atoms with Gasteiger partial charge in [0.05, 0.1) is 9.40 Å². The van der Waals surface area contributed by atoms with Gasteiger partial charge in [0.25, 0.3) is 0 Å². The molecule has 0 fully saturated rings. The molecule has 1 aromatic carbocycles. The molecule has 0 aliphatic heterocycles. The van der Waals surface area contributed by atoms with Crippen molar-refractivity contribution >= 4 is 91.6 Å². The first kappa shape index (κ1) is 19.6. The van der Waals surface area contributed by atoms with E-state index in [2.05, 4.69) is 60.4 Å². The molecule has 0 unspecified atom stereocenters. The summed E-state index contributed by atoms with van der Waals surface area (Å²) in [4.78, 5) is 0. The van der Waals surface area contributed by atoms with Gasteiger partial charge >= 0.3 is 0 Å². The van der Waals surface area contributed by atoms with E-state index < -0.39 is 0 Å². The van der Waals surface area contributed by atoms with Crippen molar-refractivity contribution in [3.63, 3.8) is 0 Å². The molecule has 0 bridgehead atoms. The van der Waals surface area contributed by atoms with Gasteiger partial charge in [-0.15, -0.1) is 22.7 Å². The lowest BCUT2D eigenvalue weighted by Crippen LogP contribution is -1.82. The molecule has 29 heavy (non-hydrogen) atoms. The molecule has 5 aromatic rings. The van der Waals surface area contributed by atoms with E-state index >= 15 is 0 Å². The Morgan fingerprint density at radius 2 is 1.48 bits per heavy atom. The summed E-state index contributed by atoms with van der Waals surface area (Å²) in [6.45, 7) is 6.56. The van der Waals surface area contributed by atoms with Crippen LogP contribution in [0.1, 0.15) is 57.6 Å². The summed E-state index contributed by atoms with van der Waals surface area (Å²) in [5, 5.41) is 2.37. The molecule has 0 radical (unpaired) electrons. The minimum absolute atomic E-state index is 0.938. The van der Waals surface area contributed by atoms with Gasteiger partial charge in [-0.05, 0) is 53.1 Å². The summed E-state index contributed by atoms with van der Waals surface area (Å²) in [5.41, 5.74) is 3.11. The van der Waals surface area contributed by atoms with E-state index in [-0.39, 0.29) is 0 Å². The van der Waals surface area contributed by atoms with Gasteiger partial charge in [-0.3, -0.25) is 0 Å². The quantitative estimate of drug-likeness (QED) is 0.146. The van der Waals surface area contributed by atoms with Gasteiger partial charge < -0.3 is 8.83 Å². The van der Waals surface area contributed by atoms with Crippen molar-refractivity contribution in [2.45, 2.75) is 51.9 Å². The molecule has 0 N–H and O–H groups in total. The van der Waals surface area contributed by atoms with E-state index in [0.29, 0.717) is 0 Å². The van der Waals surface area contributed by atoms with E-state index in [1.54, 1.807) is 11.3 Å². The fraction of sp³-hybridized carbons (Fsp3) is 0.333. The zero-order chi connectivity index (χ0) is 20.0. The molecular formula is C24H23IO2S2. The Morgan fingerprint density at radius 3 is 2.24 bits per heavy atom. The highest BCUT2D eigenvalue weighted by Gasteiger charge is 2.17. The van der Waals surface area contributed by atoms with E-state index in [1.165, 1.54) is 68.1 Å². The molecule has 0 spiro atoms. The molecule has 5 heteroatoms. The molecule has 0 amide bonds. The molecule has 0 aliphatic carbocycles. The predicted molar refractivity (Wildman–Crippen MR) is 136 cm³/mol. The van der Waals surface area contributed by atoms with Crippen LogP contribution in [0.25, 0.3) is 46.3 Å². The van der Waals surface area contributed by atoms with Crippen LogP contribution < -0.4 is 0 Å². The van der Waals surface area contributed by atoms with Gasteiger partial charge in [-0.25, -0.2) is 0 Å². The second-order valence-corrected chi connectivity index (χ2v) is 10.9.